The number of hydrogen-bond acceptors (Lipinski definition) is 2. The SMILES string of the molecule is C=C/C=C\C(=C/C)N(/C(C=C)=C/C=C(C=C)/C(C=C)=C/C=C(\C=C)N(C(/C=C\C)=C/C)C(/C=C\C)=C/C=C)c1ccccc1. The van der Waals surface area contributed by atoms with E-state index in [1.54, 1.807) is 12.2 Å². The van der Waals surface area contributed by atoms with Gasteiger partial charge in [0.05, 0.1) is 0 Å². The molecule has 0 saturated carbocycles. The van der Waals surface area contributed by atoms with Gasteiger partial charge in [-0.3, -0.25) is 0 Å². The monoisotopic (exact) mass is 580 g/mol. The molecule has 0 amide bonds. The maximum atomic E-state index is 4.12. The number of nitrogens with zero attached hydrogens (tertiary/aromatic N) is 2. The Bertz CT molecular complexity index is 1470. The fraction of sp³-hybridized carbons (Fsp3) is 0.0952. The van der Waals surface area contributed by atoms with E-state index in [2.05, 4.69) is 79.6 Å². The first-order valence-corrected chi connectivity index (χ1v) is 14.6. The van der Waals surface area contributed by atoms with Gasteiger partial charge in [-0.05, 0) is 99.6 Å². The Morgan fingerprint density at radius 2 is 1.07 bits per heavy atom. The van der Waals surface area contributed by atoms with Crippen molar-refractivity contribution >= 4 is 5.69 Å². The van der Waals surface area contributed by atoms with Gasteiger partial charge in [0.25, 0.3) is 0 Å². The molecule has 0 aliphatic rings. The number of hydrogen-bond donors (Lipinski definition) is 0. The Balaban J connectivity index is 3.85. The molecule has 0 unspecified atom stereocenters. The minimum atomic E-state index is 0.884. The minimum absolute atomic E-state index is 0.884. The minimum Gasteiger partial charge on any atom is -0.311 e. The molecule has 0 aromatic heterocycles. The summed E-state index contributed by atoms with van der Waals surface area (Å²) in [6.45, 7) is 32.2. The fourth-order valence-electron chi connectivity index (χ4n) is 4.29. The quantitative estimate of drug-likeness (QED) is 0.159. The van der Waals surface area contributed by atoms with Crippen LogP contribution in [0.25, 0.3) is 0 Å². The number of para-hydroxylation sites is 1. The molecule has 0 aliphatic carbocycles. The van der Waals surface area contributed by atoms with E-state index in [9.17, 15) is 0 Å². The van der Waals surface area contributed by atoms with Crippen molar-refractivity contribution in [3.05, 3.63) is 225 Å². The molecule has 0 bridgehead atoms. The van der Waals surface area contributed by atoms with E-state index in [-0.39, 0.29) is 0 Å². The highest BCUT2D eigenvalue weighted by Gasteiger charge is 2.14. The standard InChI is InChI=1S/C42H48N2/c1-11-21-28-38(18-8)44(42-29-23-22-24-30-42)40(20-10)34-32-36(16-6)35(15-5)31-33-39(19-9)43(37(17-7)25-12-2)41(26-13-3)27-14-4/h11-34H,1,3,5-6,9-10H2,2,4,7-8H3/b25-12-,27-14-,28-21-,35-31+,36-32+,37-17+,38-18+,39-33+,40-34+,41-26+. The molecule has 0 atom stereocenters. The van der Waals surface area contributed by atoms with Crippen LogP contribution in [0.5, 0.6) is 0 Å². The number of benzene rings is 1. The third kappa shape index (κ3) is 10.8. The zero-order valence-electron chi connectivity index (χ0n) is 27.0. The molecule has 0 heterocycles. The fourth-order valence-corrected chi connectivity index (χ4v) is 4.29. The normalized spacial score (nSPS) is 14.2. The highest BCUT2D eigenvalue weighted by atomic mass is 15.2. The summed E-state index contributed by atoms with van der Waals surface area (Å²) in [4.78, 5) is 4.27. The lowest BCUT2D eigenvalue weighted by molar-refractivity contribution is 0.577. The summed E-state index contributed by atoms with van der Waals surface area (Å²) in [6.07, 6.45) is 37.1. The summed E-state index contributed by atoms with van der Waals surface area (Å²) in [7, 11) is 0. The highest BCUT2D eigenvalue weighted by Crippen LogP contribution is 2.27. The third-order valence-corrected chi connectivity index (χ3v) is 6.32. The van der Waals surface area contributed by atoms with E-state index in [1.165, 1.54) is 0 Å². The van der Waals surface area contributed by atoms with Crippen LogP contribution in [0.15, 0.2) is 225 Å². The molecule has 2 heteroatoms. The topological polar surface area (TPSA) is 6.48 Å². The zero-order chi connectivity index (χ0) is 32.7. The van der Waals surface area contributed by atoms with Gasteiger partial charge in [0.1, 0.15) is 0 Å². The lowest BCUT2D eigenvalue weighted by Gasteiger charge is -2.28. The van der Waals surface area contributed by atoms with E-state index in [0.29, 0.717) is 0 Å². The van der Waals surface area contributed by atoms with Crippen molar-refractivity contribution in [3.8, 4) is 0 Å². The molecule has 0 spiro atoms. The van der Waals surface area contributed by atoms with Gasteiger partial charge in [-0.1, -0.05) is 125 Å². The Labute approximate surface area is 267 Å². The van der Waals surface area contributed by atoms with Crippen LogP contribution in [0.4, 0.5) is 5.69 Å². The van der Waals surface area contributed by atoms with Crippen molar-refractivity contribution in [2.45, 2.75) is 27.7 Å². The summed E-state index contributed by atoms with van der Waals surface area (Å²) in [5.74, 6) is 0. The first-order chi connectivity index (χ1) is 21.4. The lowest BCUT2D eigenvalue weighted by atomic mass is 10.0. The predicted molar refractivity (Wildman–Crippen MR) is 199 cm³/mol. The van der Waals surface area contributed by atoms with Gasteiger partial charge in [-0.2, -0.15) is 0 Å². The van der Waals surface area contributed by atoms with Crippen LogP contribution >= 0.6 is 0 Å². The van der Waals surface area contributed by atoms with Gasteiger partial charge in [0, 0.05) is 34.2 Å². The Hall–Kier alpha value is -5.34. The molecule has 1 rings (SSSR count). The lowest BCUT2D eigenvalue weighted by Crippen LogP contribution is -2.19. The van der Waals surface area contributed by atoms with Gasteiger partial charge >= 0.3 is 0 Å². The van der Waals surface area contributed by atoms with Gasteiger partial charge < -0.3 is 9.80 Å². The van der Waals surface area contributed by atoms with Crippen LogP contribution in [0, 0.1) is 0 Å². The van der Waals surface area contributed by atoms with Crippen LogP contribution in [0.1, 0.15) is 27.7 Å². The number of allylic oxidation sites excluding steroid dienone is 21. The first-order valence-electron chi connectivity index (χ1n) is 14.6. The summed E-state index contributed by atoms with van der Waals surface area (Å²) >= 11 is 0. The predicted octanol–water partition coefficient (Wildman–Crippen LogP) is 11.9. The van der Waals surface area contributed by atoms with Crippen molar-refractivity contribution in [1.82, 2.24) is 4.90 Å². The van der Waals surface area contributed by atoms with E-state index in [0.717, 1.165) is 45.3 Å². The second-order valence-electron chi connectivity index (χ2n) is 9.10. The van der Waals surface area contributed by atoms with Crippen molar-refractivity contribution in [3.63, 3.8) is 0 Å². The third-order valence-electron chi connectivity index (χ3n) is 6.32. The second kappa shape index (κ2) is 21.4. The number of anilines is 1. The largest absolute Gasteiger partial charge is 0.311 e. The summed E-state index contributed by atoms with van der Waals surface area (Å²) in [5.41, 5.74) is 7.53. The number of rotatable bonds is 18. The molecule has 0 radical (unpaired) electrons. The molecule has 0 fully saturated rings. The van der Waals surface area contributed by atoms with Crippen molar-refractivity contribution < 1.29 is 0 Å². The van der Waals surface area contributed by atoms with Crippen LogP contribution < -0.4 is 4.90 Å². The molecule has 1 aromatic carbocycles. The molecule has 226 valence electrons. The van der Waals surface area contributed by atoms with Gasteiger partial charge in [0.2, 0.25) is 0 Å². The van der Waals surface area contributed by atoms with Crippen LogP contribution in [0.2, 0.25) is 0 Å². The maximum absolute atomic E-state index is 4.12. The van der Waals surface area contributed by atoms with Crippen LogP contribution in [0.3, 0.4) is 0 Å². The summed E-state index contributed by atoms with van der Waals surface area (Å²) in [5, 5.41) is 0. The molecule has 0 saturated heterocycles. The van der Waals surface area contributed by atoms with E-state index in [4.69, 9.17) is 0 Å². The molecule has 0 N–H and O–H groups in total. The van der Waals surface area contributed by atoms with Crippen molar-refractivity contribution in [2.75, 3.05) is 4.90 Å². The smallest absolute Gasteiger partial charge is 0.0461 e. The molecule has 0 aliphatic heterocycles. The highest BCUT2D eigenvalue weighted by molar-refractivity contribution is 5.63. The van der Waals surface area contributed by atoms with Gasteiger partial charge in [-0.15, -0.1) is 0 Å². The Morgan fingerprint density at radius 3 is 1.52 bits per heavy atom. The Kier molecular flexibility index (Phi) is 17.8. The average Bonchev–Trinajstić information content (AvgIpc) is 3.05. The molecular formula is C42H48N2. The van der Waals surface area contributed by atoms with Gasteiger partial charge in [0.15, 0.2) is 0 Å². The van der Waals surface area contributed by atoms with Crippen LogP contribution in [-0.4, -0.2) is 4.90 Å². The molecule has 44 heavy (non-hydrogen) atoms. The molecule has 1 aromatic rings. The van der Waals surface area contributed by atoms with Gasteiger partial charge in [-0.25, -0.2) is 0 Å². The maximum Gasteiger partial charge on any atom is 0.0461 e. The van der Waals surface area contributed by atoms with E-state index in [1.807, 2.05) is 131 Å². The van der Waals surface area contributed by atoms with Crippen molar-refractivity contribution in [1.29, 1.82) is 0 Å². The summed E-state index contributed by atoms with van der Waals surface area (Å²) in [6, 6.07) is 10.2. The summed E-state index contributed by atoms with van der Waals surface area (Å²) < 4.78 is 0. The first kappa shape index (κ1) is 36.7. The van der Waals surface area contributed by atoms with Crippen molar-refractivity contribution in [2.24, 2.45) is 0 Å². The van der Waals surface area contributed by atoms with E-state index >= 15 is 0 Å². The average molecular weight is 581 g/mol. The zero-order valence-corrected chi connectivity index (χ0v) is 27.0. The van der Waals surface area contributed by atoms with Crippen LogP contribution in [-0.2, 0) is 0 Å². The molecule has 2 nitrogen and oxygen atoms in total. The van der Waals surface area contributed by atoms with E-state index < -0.39 is 0 Å². The second-order valence-corrected chi connectivity index (χ2v) is 9.10. The Morgan fingerprint density at radius 1 is 0.523 bits per heavy atom. The molecular weight excluding hydrogens is 532 g/mol.